The smallest absolute Gasteiger partial charge is 0.406 e. The first-order valence-corrected chi connectivity index (χ1v) is 8.41. The zero-order valence-electron chi connectivity index (χ0n) is 13.7. The molecule has 0 radical (unpaired) electrons. The van der Waals surface area contributed by atoms with Crippen molar-refractivity contribution in [3.8, 4) is 5.75 Å². The zero-order valence-corrected chi connectivity index (χ0v) is 13.7. The molecule has 1 aromatic rings. The second kappa shape index (κ2) is 6.75. The molecule has 0 aromatic heterocycles. The van der Waals surface area contributed by atoms with Crippen LogP contribution in [0.1, 0.15) is 37.7 Å². The summed E-state index contributed by atoms with van der Waals surface area (Å²) >= 11 is 0. The lowest BCUT2D eigenvalue weighted by Gasteiger charge is -2.46. The molecule has 132 valence electrons. The van der Waals surface area contributed by atoms with E-state index < -0.39 is 6.36 Å². The molecular weight excluding hydrogens is 319 g/mol. The first-order valence-electron chi connectivity index (χ1n) is 8.41. The predicted molar refractivity (Wildman–Crippen MR) is 83.8 cm³/mol. The van der Waals surface area contributed by atoms with Crippen LogP contribution in [0.25, 0.3) is 0 Å². The molecule has 0 N–H and O–H groups in total. The first-order chi connectivity index (χ1) is 11.3. The molecule has 2 bridgehead atoms. The predicted octanol–water partition coefficient (Wildman–Crippen LogP) is 3.96. The fraction of sp³-hybridized carbons (Fsp3) is 0.611. The molecule has 2 aliphatic heterocycles. The minimum Gasteiger partial charge on any atom is -0.406 e. The third-order valence-corrected chi connectivity index (χ3v) is 5.31. The lowest BCUT2D eigenvalue weighted by atomic mass is 9.76. The van der Waals surface area contributed by atoms with Gasteiger partial charge < -0.3 is 9.64 Å². The van der Waals surface area contributed by atoms with E-state index in [1.807, 2.05) is 0 Å². The molecule has 2 fully saturated rings. The van der Waals surface area contributed by atoms with Crippen molar-refractivity contribution in [2.75, 3.05) is 7.05 Å². The molecule has 3 nitrogen and oxygen atoms in total. The van der Waals surface area contributed by atoms with Gasteiger partial charge in [0, 0.05) is 24.4 Å². The van der Waals surface area contributed by atoms with Crippen molar-refractivity contribution in [3.63, 3.8) is 0 Å². The van der Waals surface area contributed by atoms with Crippen molar-refractivity contribution in [2.24, 2.45) is 5.92 Å². The van der Waals surface area contributed by atoms with Gasteiger partial charge in [0.2, 0.25) is 0 Å². The number of Topliss-reactive ketones (excluding diaryl/α,β-unsaturated/α-hetero) is 1. The Kier molecular flexibility index (Phi) is 4.85. The number of fused-ring (bicyclic) bond motifs is 2. The molecule has 24 heavy (non-hydrogen) atoms. The molecule has 6 heteroatoms. The van der Waals surface area contributed by atoms with Crippen LogP contribution in [0.15, 0.2) is 24.3 Å². The fourth-order valence-electron chi connectivity index (χ4n) is 4.08. The summed E-state index contributed by atoms with van der Waals surface area (Å²) in [4.78, 5) is 15.0. The quantitative estimate of drug-likeness (QED) is 0.830. The lowest BCUT2D eigenvalue weighted by molar-refractivity contribution is -0.274. The maximum absolute atomic E-state index is 12.6. The Balaban J connectivity index is 1.64. The molecule has 0 saturated carbocycles. The summed E-state index contributed by atoms with van der Waals surface area (Å²) in [6.07, 6.45) is 0.668. The minimum atomic E-state index is -4.71. The molecule has 2 heterocycles. The number of carbonyl (C=O) groups excluding carboxylic acids is 1. The summed E-state index contributed by atoms with van der Waals surface area (Å²) in [5.41, 5.74) is 0.575. The lowest BCUT2D eigenvalue weighted by Crippen LogP contribution is -2.51. The van der Waals surface area contributed by atoms with Crippen molar-refractivity contribution in [3.05, 3.63) is 29.8 Å². The van der Waals surface area contributed by atoms with E-state index >= 15 is 0 Å². The molecule has 0 amide bonds. The highest BCUT2D eigenvalue weighted by atomic mass is 19.4. The average molecular weight is 341 g/mol. The largest absolute Gasteiger partial charge is 0.573 e. The zero-order chi connectivity index (χ0) is 17.3. The molecule has 2 unspecified atom stereocenters. The summed E-state index contributed by atoms with van der Waals surface area (Å²) in [7, 11) is 2.13. The number of halogens is 3. The number of piperidine rings is 2. The van der Waals surface area contributed by atoms with E-state index in [-0.39, 0.29) is 23.9 Å². The van der Waals surface area contributed by atoms with Crippen LogP contribution in [0.5, 0.6) is 5.75 Å². The van der Waals surface area contributed by atoms with Gasteiger partial charge in [-0.25, -0.2) is 0 Å². The van der Waals surface area contributed by atoms with Gasteiger partial charge in [-0.2, -0.15) is 0 Å². The van der Waals surface area contributed by atoms with E-state index in [0.29, 0.717) is 17.6 Å². The summed E-state index contributed by atoms with van der Waals surface area (Å²) in [6, 6.07) is 6.66. The summed E-state index contributed by atoms with van der Waals surface area (Å²) in [5, 5.41) is 0. The number of hydrogen-bond donors (Lipinski definition) is 0. The Hall–Kier alpha value is -1.56. The summed E-state index contributed by atoms with van der Waals surface area (Å²) in [6.45, 7) is 0. The van der Waals surface area contributed by atoms with Crippen LogP contribution in [-0.4, -0.2) is 36.2 Å². The highest BCUT2D eigenvalue weighted by Crippen LogP contribution is 2.36. The second-order valence-electron chi connectivity index (χ2n) is 6.91. The van der Waals surface area contributed by atoms with Gasteiger partial charge in [-0.05, 0) is 50.4 Å². The summed E-state index contributed by atoms with van der Waals surface area (Å²) in [5.74, 6) is -0.124. The van der Waals surface area contributed by atoms with Gasteiger partial charge >= 0.3 is 6.36 Å². The van der Waals surface area contributed by atoms with E-state index in [4.69, 9.17) is 0 Å². The first kappa shape index (κ1) is 17.3. The molecule has 2 atom stereocenters. The van der Waals surface area contributed by atoms with Gasteiger partial charge in [0.1, 0.15) is 11.5 Å². The second-order valence-corrected chi connectivity index (χ2v) is 6.91. The van der Waals surface area contributed by atoms with Gasteiger partial charge in [0.05, 0.1) is 0 Å². The van der Waals surface area contributed by atoms with E-state index in [1.54, 1.807) is 6.07 Å². The van der Waals surface area contributed by atoms with Gasteiger partial charge in [-0.15, -0.1) is 13.2 Å². The van der Waals surface area contributed by atoms with E-state index in [9.17, 15) is 18.0 Å². The number of alkyl halides is 3. The van der Waals surface area contributed by atoms with Crippen LogP contribution in [0, 0.1) is 5.92 Å². The standard InChI is InChI=1S/C18H22F3NO2/c1-22-14-5-3-6-15(22)11-13(10-14)17(23)9-12-4-2-7-16(8-12)24-18(19,20)21/h2,4,7-8,13-15H,3,5-6,9-11H2,1H3. The number of benzene rings is 1. The monoisotopic (exact) mass is 341 g/mol. The number of ketones is 1. The van der Waals surface area contributed by atoms with E-state index in [2.05, 4.69) is 16.7 Å². The van der Waals surface area contributed by atoms with E-state index in [1.165, 1.54) is 24.6 Å². The van der Waals surface area contributed by atoms with Gasteiger partial charge in [0.15, 0.2) is 0 Å². The van der Waals surface area contributed by atoms with Crippen molar-refractivity contribution < 1.29 is 22.7 Å². The third kappa shape index (κ3) is 4.09. The molecule has 0 spiro atoms. The number of rotatable bonds is 4. The average Bonchev–Trinajstić information content (AvgIpc) is 2.45. The minimum absolute atomic E-state index is 0.0173. The SMILES string of the molecule is CN1C2CCCC1CC(C(=O)Cc1cccc(OC(F)(F)F)c1)C2. The molecule has 2 saturated heterocycles. The van der Waals surface area contributed by atoms with Crippen molar-refractivity contribution in [1.29, 1.82) is 0 Å². The van der Waals surface area contributed by atoms with Crippen molar-refractivity contribution >= 4 is 5.78 Å². The van der Waals surface area contributed by atoms with Gasteiger partial charge in [-0.1, -0.05) is 18.6 Å². The van der Waals surface area contributed by atoms with Crippen molar-refractivity contribution in [2.45, 2.75) is 57.0 Å². The Bertz CT molecular complexity index is 588. The Labute approximate surface area is 139 Å². The highest BCUT2D eigenvalue weighted by molar-refractivity contribution is 5.83. The Morgan fingerprint density at radius 2 is 1.92 bits per heavy atom. The number of nitrogens with zero attached hydrogens (tertiary/aromatic N) is 1. The summed E-state index contributed by atoms with van der Waals surface area (Å²) < 4.78 is 40.8. The number of hydrogen-bond acceptors (Lipinski definition) is 3. The van der Waals surface area contributed by atoms with Gasteiger partial charge in [0.25, 0.3) is 0 Å². The Morgan fingerprint density at radius 3 is 2.54 bits per heavy atom. The van der Waals surface area contributed by atoms with Crippen molar-refractivity contribution in [1.82, 2.24) is 4.90 Å². The molecule has 0 aliphatic carbocycles. The normalized spacial score (nSPS) is 27.8. The van der Waals surface area contributed by atoms with Crippen LogP contribution in [0.4, 0.5) is 13.2 Å². The molecule has 1 aromatic carbocycles. The van der Waals surface area contributed by atoms with Crippen LogP contribution in [-0.2, 0) is 11.2 Å². The van der Waals surface area contributed by atoms with Gasteiger partial charge in [-0.3, -0.25) is 4.79 Å². The van der Waals surface area contributed by atoms with Crippen LogP contribution >= 0.6 is 0 Å². The molecular formula is C18H22F3NO2. The molecule has 3 rings (SSSR count). The van der Waals surface area contributed by atoms with Crippen LogP contribution in [0.2, 0.25) is 0 Å². The van der Waals surface area contributed by atoms with Crippen LogP contribution < -0.4 is 4.74 Å². The Morgan fingerprint density at radius 1 is 1.25 bits per heavy atom. The van der Waals surface area contributed by atoms with E-state index in [0.717, 1.165) is 25.7 Å². The molecule has 2 aliphatic rings. The third-order valence-electron chi connectivity index (χ3n) is 5.31. The maximum Gasteiger partial charge on any atom is 0.573 e. The van der Waals surface area contributed by atoms with Crippen LogP contribution in [0.3, 0.4) is 0 Å². The highest BCUT2D eigenvalue weighted by Gasteiger charge is 2.38. The fourth-order valence-corrected chi connectivity index (χ4v) is 4.08. The number of ether oxygens (including phenoxy) is 1. The topological polar surface area (TPSA) is 29.5 Å². The number of carbonyl (C=O) groups is 1. The maximum atomic E-state index is 12.6.